The second kappa shape index (κ2) is 7.62. The van der Waals surface area contributed by atoms with Gasteiger partial charge < -0.3 is 15.3 Å². The first-order valence-corrected chi connectivity index (χ1v) is 4.72. The summed E-state index contributed by atoms with van der Waals surface area (Å²) in [6.45, 7) is 4.60. The number of carboxylic acid groups (broad SMARTS) is 1. The Morgan fingerprint density at radius 3 is 2.06 bits per heavy atom. The van der Waals surface area contributed by atoms with E-state index in [9.17, 15) is 4.79 Å². The normalized spacial score (nSPS) is 9.25. The number of aliphatic hydroxyl groups is 2. The molecule has 0 saturated heterocycles. The van der Waals surface area contributed by atoms with Gasteiger partial charge in [-0.1, -0.05) is 36.9 Å². The Labute approximate surface area is 94.5 Å². The molecule has 0 heterocycles. The van der Waals surface area contributed by atoms with Crippen molar-refractivity contribution in [2.75, 3.05) is 0 Å². The Kier molecular flexibility index (Phi) is 6.83. The minimum Gasteiger partial charge on any atom is -0.478 e. The highest BCUT2D eigenvalue weighted by Crippen LogP contribution is 2.00. The molecule has 1 rings (SSSR count). The van der Waals surface area contributed by atoms with E-state index in [1.807, 2.05) is 30.3 Å². The van der Waals surface area contributed by atoms with Crippen LogP contribution in [0.5, 0.6) is 0 Å². The summed E-state index contributed by atoms with van der Waals surface area (Å²) in [6.07, 6.45) is -0.928. The number of hydrogen-bond donors (Lipinski definition) is 3. The summed E-state index contributed by atoms with van der Waals surface area (Å²) in [5.74, 6) is -0.935. The predicted octanol–water partition coefficient (Wildman–Crippen LogP) is 1.19. The summed E-state index contributed by atoms with van der Waals surface area (Å²) >= 11 is 0. The molecule has 0 fully saturated rings. The van der Waals surface area contributed by atoms with E-state index in [0.717, 1.165) is 5.56 Å². The Balaban J connectivity index is 0.000000325. The van der Waals surface area contributed by atoms with E-state index in [0.29, 0.717) is 6.42 Å². The maximum absolute atomic E-state index is 9.60. The topological polar surface area (TPSA) is 77.8 Å². The summed E-state index contributed by atoms with van der Waals surface area (Å²) in [4.78, 5) is 9.60. The molecule has 0 amide bonds. The van der Waals surface area contributed by atoms with Crippen molar-refractivity contribution in [3.63, 3.8) is 0 Å². The van der Waals surface area contributed by atoms with Crippen molar-refractivity contribution in [2.45, 2.75) is 19.6 Å². The fourth-order valence-electron chi connectivity index (χ4n) is 0.825. The number of rotatable bonds is 3. The smallest absolute Gasteiger partial charge is 0.330 e. The van der Waals surface area contributed by atoms with E-state index >= 15 is 0 Å². The van der Waals surface area contributed by atoms with Gasteiger partial charge in [0.15, 0.2) is 6.29 Å². The zero-order chi connectivity index (χ0) is 12.6. The fourth-order valence-corrected chi connectivity index (χ4v) is 0.825. The van der Waals surface area contributed by atoms with Crippen LogP contribution in [0, 0.1) is 0 Å². The van der Waals surface area contributed by atoms with Gasteiger partial charge in [0, 0.05) is 12.0 Å². The van der Waals surface area contributed by atoms with Crippen molar-refractivity contribution in [2.24, 2.45) is 0 Å². The monoisotopic (exact) mass is 224 g/mol. The molecule has 0 aliphatic heterocycles. The third-order valence-electron chi connectivity index (χ3n) is 1.63. The molecule has 4 heteroatoms. The van der Waals surface area contributed by atoms with Crippen molar-refractivity contribution in [3.8, 4) is 0 Å². The molecule has 16 heavy (non-hydrogen) atoms. The molecule has 1 aromatic carbocycles. The largest absolute Gasteiger partial charge is 0.478 e. The lowest BCUT2D eigenvalue weighted by molar-refractivity contribution is -0.132. The van der Waals surface area contributed by atoms with Crippen molar-refractivity contribution >= 4 is 5.97 Å². The van der Waals surface area contributed by atoms with E-state index in [-0.39, 0.29) is 5.57 Å². The van der Waals surface area contributed by atoms with E-state index in [2.05, 4.69) is 6.58 Å². The lowest BCUT2D eigenvalue weighted by atomic mass is 10.1. The first-order valence-electron chi connectivity index (χ1n) is 4.72. The third kappa shape index (κ3) is 7.73. The van der Waals surface area contributed by atoms with Gasteiger partial charge in [-0.3, -0.25) is 0 Å². The number of aliphatic hydroxyl groups excluding tert-OH is 1. The van der Waals surface area contributed by atoms with Gasteiger partial charge >= 0.3 is 5.97 Å². The molecule has 0 aliphatic rings. The van der Waals surface area contributed by atoms with Crippen LogP contribution < -0.4 is 0 Å². The van der Waals surface area contributed by atoms with Gasteiger partial charge in [-0.25, -0.2) is 4.79 Å². The van der Waals surface area contributed by atoms with Crippen LogP contribution in [0.4, 0.5) is 0 Å². The molecule has 0 saturated carbocycles. The highest BCUT2D eigenvalue weighted by atomic mass is 16.5. The Hall–Kier alpha value is -1.65. The molecule has 88 valence electrons. The summed E-state index contributed by atoms with van der Waals surface area (Å²) < 4.78 is 0. The quantitative estimate of drug-likeness (QED) is 0.532. The van der Waals surface area contributed by atoms with Crippen LogP contribution in [0.15, 0.2) is 42.5 Å². The number of benzene rings is 1. The van der Waals surface area contributed by atoms with E-state index in [4.69, 9.17) is 15.3 Å². The Morgan fingerprint density at radius 2 is 1.75 bits per heavy atom. The second-order valence-electron chi connectivity index (χ2n) is 3.26. The maximum atomic E-state index is 9.60. The van der Waals surface area contributed by atoms with E-state index in [1.54, 1.807) is 0 Å². The average molecular weight is 224 g/mol. The molecule has 0 bridgehead atoms. The molecule has 4 nitrogen and oxygen atoms in total. The first kappa shape index (κ1) is 14.4. The molecule has 3 N–H and O–H groups in total. The molecule has 0 radical (unpaired) electrons. The lowest BCUT2D eigenvalue weighted by Gasteiger charge is -2.01. The van der Waals surface area contributed by atoms with Gasteiger partial charge in [-0.2, -0.15) is 0 Å². The van der Waals surface area contributed by atoms with Crippen molar-refractivity contribution in [1.82, 2.24) is 0 Å². The minimum atomic E-state index is -1.23. The molecule has 0 spiro atoms. The molecule has 1 aromatic rings. The Bertz CT molecular complexity index is 318. The zero-order valence-electron chi connectivity index (χ0n) is 9.13. The third-order valence-corrected chi connectivity index (χ3v) is 1.63. The van der Waals surface area contributed by atoms with Crippen LogP contribution in [0.25, 0.3) is 0 Å². The SMILES string of the molecule is C=C(C)C(=O)O.OC(O)Cc1ccccc1. The standard InChI is InChI=1S/C8H10O2.C4H6O2/c9-8(10)6-7-4-2-1-3-5-7;1-3(2)4(5)6/h1-5,8-10H,6H2;1H2,2H3,(H,5,6). The first-order chi connectivity index (χ1) is 7.43. The van der Waals surface area contributed by atoms with Crippen LogP contribution in [0.1, 0.15) is 12.5 Å². The number of hydrogen-bond acceptors (Lipinski definition) is 3. The van der Waals surface area contributed by atoms with Gasteiger partial charge in [0.25, 0.3) is 0 Å². The van der Waals surface area contributed by atoms with Crippen molar-refractivity contribution in [3.05, 3.63) is 48.0 Å². The van der Waals surface area contributed by atoms with Crippen molar-refractivity contribution < 1.29 is 20.1 Å². The van der Waals surface area contributed by atoms with Gasteiger partial charge in [0.1, 0.15) is 0 Å². The van der Waals surface area contributed by atoms with Gasteiger partial charge in [-0.05, 0) is 12.5 Å². The fraction of sp³-hybridized carbons (Fsp3) is 0.250. The van der Waals surface area contributed by atoms with E-state index in [1.165, 1.54) is 6.92 Å². The summed E-state index contributed by atoms with van der Waals surface area (Å²) in [5, 5.41) is 25.0. The van der Waals surface area contributed by atoms with E-state index < -0.39 is 12.3 Å². The molecule has 0 aromatic heterocycles. The summed E-state index contributed by atoms with van der Waals surface area (Å²) in [7, 11) is 0. The van der Waals surface area contributed by atoms with Crippen LogP contribution in [0.3, 0.4) is 0 Å². The number of carboxylic acids is 1. The highest BCUT2D eigenvalue weighted by molar-refractivity contribution is 5.84. The predicted molar refractivity (Wildman–Crippen MR) is 60.8 cm³/mol. The molecular weight excluding hydrogens is 208 g/mol. The van der Waals surface area contributed by atoms with Gasteiger partial charge in [-0.15, -0.1) is 0 Å². The average Bonchev–Trinajstić information content (AvgIpc) is 2.19. The molecule has 0 aliphatic carbocycles. The molecule has 0 unspecified atom stereocenters. The Morgan fingerprint density at radius 1 is 1.31 bits per heavy atom. The second-order valence-corrected chi connectivity index (χ2v) is 3.26. The lowest BCUT2D eigenvalue weighted by Crippen LogP contribution is -2.07. The van der Waals surface area contributed by atoms with Crippen molar-refractivity contribution in [1.29, 1.82) is 0 Å². The molecule has 0 atom stereocenters. The summed E-state index contributed by atoms with van der Waals surface area (Å²) in [5.41, 5.74) is 1.12. The highest BCUT2D eigenvalue weighted by Gasteiger charge is 1.97. The maximum Gasteiger partial charge on any atom is 0.330 e. The van der Waals surface area contributed by atoms with Gasteiger partial charge in [0.2, 0.25) is 0 Å². The minimum absolute atomic E-state index is 0.176. The van der Waals surface area contributed by atoms with Crippen LogP contribution >= 0.6 is 0 Å². The molecular formula is C12H16O4. The number of aliphatic carboxylic acids is 1. The van der Waals surface area contributed by atoms with Crippen LogP contribution in [-0.4, -0.2) is 27.6 Å². The van der Waals surface area contributed by atoms with Crippen LogP contribution in [-0.2, 0) is 11.2 Å². The zero-order valence-corrected chi connectivity index (χ0v) is 9.13. The van der Waals surface area contributed by atoms with Gasteiger partial charge in [0.05, 0.1) is 0 Å². The summed E-state index contributed by atoms with van der Waals surface area (Å²) in [6, 6.07) is 9.36. The number of carbonyl (C=O) groups is 1. The van der Waals surface area contributed by atoms with Crippen LogP contribution in [0.2, 0.25) is 0 Å².